The molecule has 5 aromatic rings. The first-order valence-corrected chi connectivity index (χ1v) is 15.0. The number of amides is 1. The summed E-state index contributed by atoms with van der Waals surface area (Å²) in [4.78, 5) is 21.6. The molecule has 0 N–H and O–H groups in total. The molecule has 4 heterocycles. The van der Waals surface area contributed by atoms with E-state index in [1.807, 2.05) is 48.2 Å². The highest BCUT2D eigenvalue weighted by molar-refractivity contribution is 7.89. The Labute approximate surface area is 231 Å². The second-order valence-electron chi connectivity index (χ2n) is 9.58. The summed E-state index contributed by atoms with van der Waals surface area (Å²) in [6.45, 7) is 2.15. The zero-order chi connectivity index (χ0) is 27.0. The molecule has 0 bridgehead atoms. The summed E-state index contributed by atoms with van der Waals surface area (Å²) in [7, 11) is -4.11. The van der Waals surface area contributed by atoms with Crippen molar-refractivity contribution in [1.82, 2.24) is 14.2 Å². The Kier molecular flexibility index (Phi) is 6.80. The molecule has 1 atom stereocenters. The molecule has 7 nitrogen and oxygen atoms in total. The average molecular weight is 558 g/mol. The lowest BCUT2D eigenvalue weighted by atomic mass is 9.90. The molecule has 2 aromatic carbocycles. The fraction of sp³-hybridized carbons (Fsp3) is 0.200. The summed E-state index contributed by atoms with van der Waals surface area (Å²) >= 11 is 1.70. The van der Waals surface area contributed by atoms with Gasteiger partial charge in [0.15, 0.2) is 0 Å². The second-order valence-corrected chi connectivity index (χ2v) is 12.5. The van der Waals surface area contributed by atoms with Gasteiger partial charge in [0, 0.05) is 23.0 Å². The van der Waals surface area contributed by atoms with Crippen LogP contribution in [0.5, 0.6) is 0 Å². The first-order chi connectivity index (χ1) is 18.9. The number of nitrogens with zero attached hydrogens (tertiary/aromatic N) is 3. The highest BCUT2D eigenvalue weighted by Crippen LogP contribution is 2.39. The van der Waals surface area contributed by atoms with Crippen molar-refractivity contribution in [1.29, 1.82) is 0 Å². The Balaban J connectivity index is 1.39. The molecule has 1 aliphatic rings. The first-order valence-electron chi connectivity index (χ1n) is 12.7. The van der Waals surface area contributed by atoms with Gasteiger partial charge in [0.1, 0.15) is 10.7 Å². The Bertz CT molecular complexity index is 1740. The molecule has 39 heavy (non-hydrogen) atoms. The number of pyridine rings is 1. The number of hydrogen-bond acceptors (Lipinski definition) is 6. The lowest BCUT2D eigenvalue weighted by Crippen LogP contribution is -2.46. The lowest BCUT2D eigenvalue weighted by molar-refractivity contribution is -0.133. The van der Waals surface area contributed by atoms with Gasteiger partial charge in [-0.05, 0) is 65.7 Å². The van der Waals surface area contributed by atoms with Crippen LogP contribution in [0.15, 0.2) is 99.9 Å². The van der Waals surface area contributed by atoms with Crippen LogP contribution in [0.3, 0.4) is 0 Å². The van der Waals surface area contributed by atoms with Crippen LogP contribution in [0, 0.1) is 6.92 Å². The van der Waals surface area contributed by atoms with Gasteiger partial charge in [-0.3, -0.25) is 9.78 Å². The Hall–Kier alpha value is -3.79. The van der Waals surface area contributed by atoms with Crippen LogP contribution in [0.1, 0.15) is 33.4 Å². The van der Waals surface area contributed by atoms with Crippen LogP contribution in [0.25, 0.3) is 10.9 Å². The van der Waals surface area contributed by atoms with E-state index in [1.54, 1.807) is 47.9 Å². The van der Waals surface area contributed by atoms with Gasteiger partial charge in [-0.15, -0.1) is 11.3 Å². The van der Waals surface area contributed by atoms with Crippen molar-refractivity contribution in [3.8, 4) is 0 Å². The molecule has 3 aromatic heterocycles. The fourth-order valence-electron chi connectivity index (χ4n) is 5.28. The number of carbonyl (C=O) groups is 1. The van der Waals surface area contributed by atoms with E-state index in [2.05, 4.69) is 16.4 Å². The Morgan fingerprint density at radius 1 is 1.05 bits per heavy atom. The third kappa shape index (κ3) is 4.78. The van der Waals surface area contributed by atoms with Crippen molar-refractivity contribution < 1.29 is 17.6 Å². The standard InChI is InChI=1S/C30H27N3O4S2/c1-21-7-2-3-11-24(21)30-25-14-18-38-26(25)13-16-33(30)28(34)20-32(19-23-10-6-17-37-23)39(35,36)27-12-4-8-22-9-5-15-31-29(22)27/h2-12,14-15,17-18,30H,13,16,19-20H2,1H3. The van der Waals surface area contributed by atoms with Crippen LogP contribution >= 0.6 is 11.3 Å². The molecule has 9 heteroatoms. The van der Waals surface area contributed by atoms with E-state index in [-0.39, 0.29) is 29.9 Å². The number of carbonyl (C=O) groups excluding carboxylic acids is 1. The molecule has 0 aliphatic carbocycles. The molecular formula is C30H27N3O4S2. The third-order valence-corrected chi connectivity index (χ3v) is 10.0. The highest BCUT2D eigenvalue weighted by atomic mass is 32.2. The lowest BCUT2D eigenvalue weighted by Gasteiger charge is -2.38. The fourth-order valence-corrected chi connectivity index (χ4v) is 7.71. The molecule has 1 aliphatic heterocycles. The number of furan rings is 1. The number of aromatic nitrogens is 1. The SMILES string of the molecule is Cc1ccccc1C1c2ccsc2CCN1C(=O)CN(Cc1ccco1)S(=O)(=O)c1cccc2cccnc12. The number of fused-ring (bicyclic) bond motifs is 2. The first kappa shape index (κ1) is 25.5. The second kappa shape index (κ2) is 10.4. The van der Waals surface area contributed by atoms with Crippen LogP contribution in [0.2, 0.25) is 0 Å². The van der Waals surface area contributed by atoms with Crippen LogP contribution in [0.4, 0.5) is 0 Å². The Morgan fingerprint density at radius 2 is 1.90 bits per heavy atom. The van der Waals surface area contributed by atoms with Gasteiger partial charge in [0.2, 0.25) is 15.9 Å². The van der Waals surface area contributed by atoms with Gasteiger partial charge < -0.3 is 9.32 Å². The number of para-hydroxylation sites is 1. The number of sulfonamides is 1. The number of hydrogen-bond donors (Lipinski definition) is 0. The van der Waals surface area contributed by atoms with Gasteiger partial charge >= 0.3 is 0 Å². The molecule has 0 spiro atoms. The number of thiophene rings is 1. The molecule has 198 valence electrons. The summed E-state index contributed by atoms with van der Waals surface area (Å²) < 4.78 is 35.0. The molecule has 0 fully saturated rings. The summed E-state index contributed by atoms with van der Waals surface area (Å²) in [5, 5.41) is 2.77. The van der Waals surface area contributed by atoms with Crippen LogP contribution < -0.4 is 0 Å². The summed E-state index contributed by atoms with van der Waals surface area (Å²) in [5.41, 5.74) is 3.60. The van der Waals surface area contributed by atoms with Crippen molar-refractivity contribution in [2.24, 2.45) is 0 Å². The van der Waals surface area contributed by atoms with E-state index in [9.17, 15) is 13.2 Å². The van der Waals surface area contributed by atoms with E-state index in [0.29, 0.717) is 23.2 Å². The minimum absolute atomic E-state index is 0.0641. The zero-order valence-electron chi connectivity index (χ0n) is 21.4. The Morgan fingerprint density at radius 3 is 2.72 bits per heavy atom. The van der Waals surface area contributed by atoms with Crippen molar-refractivity contribution in [3.63, 3.8) is 0 Å². The maximum absolute atomic E-state index is 14.1. The van der Waals surface area contributed by atoms with Crippen LogP contribution in [-0.4, -0.2) is 41.6 Å². The highest BCUT2D eigenvalue weighted by Gasteiger charge is 2.37. The summed E-state index contributed by atoms with van der Waals surface area (Å²) in [5.74, 6) is 0.192. The van der Waals surface area contributed by atoms with Gasteiger partial charge in [-0.1, -0.05) is 42.5 Å². The van der Waals surface area contributed by atoms with Gasteiger partial charge in [0.05, 0.1) is 30.9 Å². The van der Waals surface area contributed by atoms with E-state index >= 15 is 0 Å². The van der Waals surface area contributed by atoms with Crippen molar-refractivity contribution in [2.45, 2.75) is 30.8 Å². The summed E-state index contributed by atoms with van der Waals surface area (Å²) in [6, 6.07) is 21.9. The number of rotatable bonds is 7. The predicted molar refractivity (Wildman–Crippen MR) is 151 cm³/mol. The number of aryl methyl sites for hydroxylation is 1. The van der Waals surface area contributed by atoms with E-state index in [4.69, 9.17) is 4.42 Å². The minimum atomic E-state index is -4.11. The minimum Gasteiger partial charge on any atom is -0.468 e. The quantitative estimate of drug-likeness (QED) is 0.262. The normalized spacial score (nSPS) is 15.5. The van der Waals surface area contributed by atoms with Gasteiger partial charge in [0.25, 0.3) is 0 Å². The zero-order valence-corrected chi connectivity index (χ0v) is 23.0. The van der Waals surface area contributed by atoms with Gasteiger partial charge in [-0.25, -0.2) is 8.42 Å². The van der Waals surface area contributed by atoms with Gasteiger partial charge in [-0.2, -0.15) is 4.31 Å². The molecule has 1 amide bonds. The molecule has 0 saturated carbocycles. The van der Waals surface area contributed by atoms with Crippen LogP contribution in [-0.2, 0) is 27.8 Å². The molecule has 6 rings (SSSR count). The monoisotopic (exact) mass is 557 g/mol. The smallest absolute Gasteiger partial charge is 0.246 e. The maximum Gasteiger partial charge on any atom is 0.246 e. The van der Waals surface area contributed by atoms with E-state index in [0.717, 1.165) is 23.1 Å². The van der Waals surface area contributed by atoms with Crippen molar-refractivity contribution in [2.75, 3.05) is 13.1 Å². The van der Waals surface area contributed by atoms with Crippen molar-refractivity contribution >= 4 is 38.2 Å². The maximum atomic E-state index is 14.1. The molecular weight excluding hydrogens is 530 g/mol. The summed E-state index contributed by atoms with van der Waals surface area (Å²) in [6.07, 6.45) is 3.81. The topological polar surface area (TPSA) is 83.7 Å². The van der Waals surface area contributed by atoms with E-state index < -0.39 is 10.0 Å². The average Bonchev–Trinajstić information content (AvgIpc) is 3.64. The molecule has 0 saturated heterocycles. The largest absolute Gasteiger partial charge is 0.468 e. The molecule has 1 unspecified atom stereocenters. The third-order valence-electron chi connectivity index (χ3n) is 7.21. The molecule has 0 radical (unpaired) electrons. The van der Waals surface area contributed by atoms with E-state index in [1.165, 1.54) is 15.4 Å². The number of benzene rings is 2. The predicted octanol–water partition coefficient (Wildman–Crippen LogP) is 5.56. The van der Waals surface area contributed by atoms with Crippen molar-refractivity contribution in [3.05, 3.63) is 118 Å².